The summed E-state index contributed by atoms with van der Waals surface area (Å²) in [6.07, 6.45) is -1.84. The van der Waals surface area contributed by atoms with Crippen molar-refractivity contribution in [3.8, 4) is 5.75 Å². The van der Waals surface area contributed by atoms with E-state index in [4.69, 9.17) is 16.7 Å². The molecule has 5 nitrogen and oxygen atoms in total. The Balaban J connectivity index is 3.30. The Kier molecular flexibility index (Phi) is 4.09. The summed E-state index contributed by atoms with van der Waals surface area (Å²) in [5, 5.41) is 26.4. The van der Waals surface area contributed by atoms with Crippen molar-refractivity contribution in [1.29, 1.82) is 0 Å². The largest absolute Gasteiger partial charge is 0.508 e. The molecule has 0 aliphatic carbocycles. The highest BCUT2D eigenvalue weighted by atomic mass is 35.5. The Morgan fingerprint density at radius 1 is 1.29 bits per heavy atom. The molecule has 2 atom stereocenters. The van der Waals surface area contributed by atoms with E-state index in [0.29, 0.717) is 0 Å². The number of carbonyl (C=O) groups is 2. The average Bonchev–Trinajstić information content (AvgIpc) is 2.26. The molecule has 0 aromatic heterocycles. The predicted molar refractivity (Wildman–Crippen MR) is 60.0 cm³/mol. The molecule has 0 spiro atoms. The van der Waals surface area contributed by atoms with Crippen molar-refractivity contribution in [3.05, 3.63) is 29.3 Å². The van der Waals surface area contributed by atoms with Crippen LogP contribution in [-0.4, -0.2) is 27.1 Å². The van der Waals surface area contributed by atoms with E-state index in [1.807, 2.05) is 0 Å². The number of ketones is 1. The van der Waals surface area contributed by atoms with Crippen molar-refractivity contribution in [2.24, 2.45) is 0 Å². The van der Waals surface area contributed by atoms with Crippen molar-refractivity contribution >= 4 is 23.4 Å². The van der Waals surface area contributed by atoms with Gasteiger partial charge in [0.25, 0.3) is 0 Å². The highest BCUT2D eigenvalue weighted by Gasteiger charge is 2.25. The molecule has 2 unspecified atom stereocenters. The molecule has 0 radical (unpaired) electrons. The number of aliphatic hydroxyl groups is 1. The second kappa shape index (κ2) is 5.16. The number of benzene rings is 1. The molecule has 1 rings (SSSR count). The Bertz CT molecular complexity index is 457. The van der Waals surface area contributed by atoms with E-state index in [-0.39, 0.29) is 22.7 Å². The summed E-state index contributed by atoms with van der Waals surface area (Å²) in [5.41, 5.74) is 0.0829. The quantitative estimate of drug-likeness (QED) is 0.709. The summed E-state index contributed by atoms with van der Waals surface area (Å²) in [6, 6.07) is 3.66. The van der Waals surface area contributed by atoms with Gasteiger partial charge in [-0.25, -0.2) is 4.79 Å². The van der Waals surface area contributed by atoms with Crippen molar-refractivity contribution in [3.63, 3.8) is 0 Å². The van der Waals surface area contributed by atoms with Crippen LogP contribution in [0.4, 0.5) is 0 Å². The molecule has 6 heteroatoms. The number of phenolic OH excluding ortho intramolecular Hbond substituents is 1. The van der Waals surface area contributed by atoms with E-state index in [1.54, 1.807) is 0 Å². The Hall–Kier alpha value is -1.59. The van der Waals surface area contributed by atoms with Gasteiger partial charge in [0.15, 0.2) is 11.9 Å². The number of hydrogen-bond donors (Lipinski definition) is 3. The predicted octanol–water partition coefficient (Wildman–Crippen LogP) is 1.38. The van der Waals surface area contributed by atoms with Gasteiger partial charge in [-0.05, 0) is 24.6 Å². The standard InChI is InChI=1S/C11H11ClO5/c1-5(13)9(12)7-3-2-6(14)4-8(7)10(15)11(16)17/h2-4,9-10,14-15H,1H3,(H,16,17). The third-order valence-corrected chi connectivity index (χ3v) is 2.77. The number of aliphatic hydroxyl groups excluding tert-OH is 1. The number of alkyl halides is 1. The Morgan fingerprint density at radius 3 is 2.35 bits per heavy atom. The van der Waals surface area contributed by atoms with Gasteiger partial charge in [-0.15, -0.1) is 11.6 Å². The van der Waals surface area contributed by atoms with Gasteiger partial charge in [-0.1, -0.05) is 6.07 Å². The molecule has 0 fully saturated rings. The first-order valence-electron chi connectivity index (χ1n) is 4.72. The summed E-state index contributed by atoms with van der Waals surface area (Å²) < 4.78 is 0. The number of rotatable bonds is 4. The van der Waals surface area contributed by atoms with E-state index in [0.717, 1.165) is 6.07 Å². The molecule has 0 saturated heterocycles. The number of aliphatic carboxylic acids is 1. The Morgan fingerprint density at radius 2 is 1.88 bits per heavy atom. The molecular formula is C11H11ClO5. The molecule has 17 heavy (non-hydrogen) atoms. The first-order chi connectivity index (χ1) is 7.84. The topological polar surface area (TPSA) is 94.8 Å². The van der Waals surface area contributed by atoms with Gasteiger partial charge in [0.1, 0.15) is 11.1 Å². The number of halogens is 1. The van der Waals surface area contributed by atoms with Crippen molar-refractivity contribution < 1.29 is 24.9 Å². The lowest BCUT2D eigenvalue weighted by atomic mass is 9.97. The number of Topliss-reactive ketones (excluding diaryl/α,β-unsaturated/α-hetero) is 1. The van der Waals surface area contributed by atoms with E-state index in [1.165, 1.54) is 19.1 Å². The highest BCUT2D eigenvalue weighted by Crippen LogP contribution is 2.31. The maximum absolute atomic E-state index is 11.2. The number of phenols is 1. The maximum Gasteiger partial charge on any atom is 0.337 e. The fourth-order valence-electron chi connectivity index (χ4n) is 1.38. The van der Waals surface area contributed by atoms with Gasteiger partial charge in [0.05, 0.1) is 0 Å². The molecular weight excluding hydrogens is 248 g/mol. The molecule has 0 aliphatic heterocycles. The first kappa shape index (κ1) is 13.5. The normalized spacial score (nSPS) is 14.1. The first-order valence-corrected chi connectivity index (χ1v) is 5.16. The minimum atomic E-state index is -1.84. The van der Waals surface area contributed by atoms with Gasteiger partial charge in [0, 0.05) is 5.56 Å². The molecule has 0 saturated carbocycles. The van der Waals surface area contributed by atoms with Crippen molar-refractivity contribution in [2.45, 2.75) is 18.4 Å². The van der Waals surface area contributed by atoms with Crippen LogP contribution in [0.25, 0.3) is 0 Å². The van der Waals surface area contributed by atoms with Crippen LogP contribution in [-0.2, 0) is 9.59 Å². The second-order valence-corrected chi connectivity index (χ2v) is 3.96. The van der Waals surface area contributed by atoms with Crippen molar-refractivity contribution in [1.82, 2.24) is 0 Å². The van der Waals surface area contributed by atoms with Crippen LogP contribution in [0.2, 0.25) is 0 Å². The van der Waals surface area contributed by atoms with Crippen molar-refractivity contribution in [2.75, 3.05) is 0 Å². The SMILES string of the molecule is CC(=O)C(Cl)c1ccc(O)cc1C(O)C(=O)O. The summed E-state index contributed by atoms with van der Waals surface area (Å²) in [4.78, 5) is 21.8. The van der Waals surface area contributed by atoms with E-state index in [9.17, 15) is 19.8 Å². The lowest BCUT2D eigenvalue weighted by Gasteiger charge is -2.15. The molecule has 3 N–H and O–H groups in total. The summed E-state index contributed by atoms with van der Waals surface area (Å²) in [5.74, 6) is -2.07. The van der Waals surface area contributed by atoms with Crippen LogP contribution in [0, 0.1) is 0 Å². The molecule has 1 aromatic rings. The van der Waals surface area contributed by atoms with Crippen LogP contribution < -0.4 is 0 Å². The summed E-state index contributed by atoms with van der Waals surface area (Å²) in [7, 11) is 0. The molecule has 0 aliphatic rings. The lowest BCUT2D eigenvalue weighted by Crippen LogP contribution is -2.15. The molecule has 0 bridgehead atoms. The van der Waals surface area contributed by atoms with Crippen LogP contribution in [0.1, 0.15) is 29.5 Å². The third-order valence-electron chi connectivity index (χ3n) is 2.23. The van der Waals surface area contributed by atoms with Crippen LogP contribution in [0.15, 0.2) is 18.2 Å². The minimum Gasteiger partial charge on any atom is -0.508 e. The van der Waals surface area contributed by atoms with Crippen LogP contribution >= 0.6 is 11.6 Å². The second-order valence-electron chi connectivity index (χ2n) is 3.53. The van der Waals surface area contributed by atoms with Gasteiger partial charge >= 0.3 is 5.97 Å². The maximum atomic E-state index is 11.2. The molecule has 0 amide bonds. The molecule has 0 heterocycles. The van der Waals surface area contributed by atoms with E-state index >= 15 is 0 Å². The zero-order valence-electron chi connectivity index (χ0n) is 8.92. The highest BCUT2D eigenvalue weighted by molar-refractivity contribution is 6.31. The van der Waals surface area contributed by atoms with Gasteiger partial charge in [-0.3, -0.25) is 4.79 Å². The lowest BCUT2D eigenvalue weighted by molar-refractivity contribution is -0.147. The number of aromatic hydroxyl groups is 1. The third kappa shape index (κ3) is 2.95. The summed E-state index contributed by atoms with van der Waals surface area (Å²) >= 11 is 5.81. The van der Waals surface area contributed by atoms with E-state index in [2.05, 4.69) is 0 Å². The monoisotopic (exact) mass is 258 g/mol. The van der Waals surface area contributed by atoms with Gasteiger partial charge in [0.2, 0.25) is 0 Å². The number of hydrogen-bond acceptors (Lipinski definition) is 4. The smallest absolute Gasteiger partial charge is 0.337 e. The molecule has 1 aromatic carbocycles. The van der Waals surface area contributed by atoms with Gasteiger partial charge in [-0.2, -0.15) is 0 Å². The van der Waals surface area contributed by atoms with Crippen LogP contribution in [0.5, 0.6) is 5.75 Å². The van der Waals surface area contributed by atoms with Gasteiger partial charge < -0.3 is 15.3 Å². The fraction of sp³-hybridized carbons (Fsp3) is 0.273. The zero-order chi connectivity index (χ0) is 13.2. The minimum absolute atomic E-state index is 0.0901. The zero-order valence-corrected chi connectivity index (χ0v) is 9.68. The Labute approximate surface area is 102 Å². The van der Waals surface area contributed by atoms with Crippen LogP contribution in [0.3, 0.4) is 0 Å². The average molecular weight is 259 g/mol. The number of carboxylic acids is 1. The fourth-order valence-corrected chi connectivity index (χ4v) is 1.58. The van der Waals surface area contributed by atoms with E-state index < -0.39 is 17.5 Å². The molecule has 92 valence electrons. The summed E-state index contributed by atoms with van der Waals surface area (Å²) in [6.45, 7) is 1.25. The number of carboxylic acid groups (broad SMARTS) is 1. The number of carbonyl (C=O) groups excluding carboxylic acids is 1.